The number of anilines is 1. The minimum Gasteiger partial charge on any atom is -0.369 e. The van der Waals surface area contributed by atoms with E-state index in [-0.39, 0.29) is 11.1 Å². The Morgan fingerprint density at radius 3 is 2.89 bits per heavy atom. The molecule has 0 aliphatic carbocycles. The van der Waals surface area contributed by atoms with Crippen molar-refractivity contribution in [2.24, 2.45) is 0 Å². The third-order valence-electron chi connectivity index (χ3n) is 3.90. The van der Waals surface area contributed by atoms with E-state index < -0.39 is 0 Å². The predicted molar refractivity (Wildman–Crippen MR) is 112 cm³/mol. The first-order valence-corrected chi connectivity index (χ1v) is 10.5. The van der Waals surface area contributed by atoms with Crippen molar-refractivity contribution in [3.63, 3.8) is 0 Å². The van der Waals surface area contributed by atoms with Crippen molar-refractivity contribution in [1.29, 1.82) is 0 Å². The van der Waals surface area contributed by atoms with Crippen LogP contribution in [0, 0.1) is 0 Å². The van der Waals surface area contributed by atoms with Crippen molar-refractivity contribution >= 4 is 46.1 Å². The molecule has 3 heterocycles. The van der Waals surface area contributed by atoms with E-state index >= 15 is 0 Å². The van der Waals surface area contributed by atoms with E-state index in [1.165, 1.54) is 0 Å². The van der Waals surface area contributed by atoms with Crippen LogP contribution in [0.3, 0.4) is 0 Å². The maximum Gasteiger partial charge on any atom is 0.254 e. The molecular weight excluding hydrogens is 398 g/mol. The van der Waals surface area contributed by atoms with Crippen molar-refractivity contribution in [2.75, 3.05) is 24.2 Å². The second-order valence-corrected chi connectivity index (χ2v) is 7.51. The molecule has 1 amide bonds. The van der Waals surface area contributed by atoms with E-state index in [9.17, 15) is 4.79 Å². The molecule has 0 aliphatic rings. The molecule has 3 aromatic heterocycles. The molecule has 0 saturated heterocycles. The number of amides is 1. The Morgan fingerprint density at radius 1 is 1.29 bits per heavy atom. The average Bonchev–Trinajstić information content (AvgIpc) is 3.10. The summed E-state index contributed by atoms with van der Waals surface area (Å²) in [7, 11) is 0. The maximum atomic E-state index is 12.3. The Labute approximate surface area is 172 Å². The first-order valence-electron chi connectivity index (χ1n) is 9.13. The van der Waals surface area contributed by atoms with Gasteiger partial charge in [0.05, 0.1) is 23.7 Å². The van der Waals surface area contributed by atoms with Crippen molar-refractivity contribution in [2.45, 2.75) is 32.0 Å². The third kappa shape index (κ3) is 4.71. The Balaban J connectivity index is 1.75. The summed E-state index contributed by atoms with van der Waals surface area (Å²) < 4.78 is 1.78. The van der Waals surface area contributed by atoms with Gasteiger partial charge >= 0.3 is 0 Å². The topological polar surface area (TPSA) is 97.6 Å². The number of nitrogens with one attached hydrogen (secondary N) is 2. The van der Waals surface area contributed by atoms with Crippen LogP contribution in [0.2, 0.25) is 5.15 Å². The first kappa shape index (κ1) is 20.3. The molecule has 8 nitrogen and oxygen atoms in total. The molecule has 0 atom stereocenters. The van der Waals surface area contributed by atoms with Crippen molar-refractivity contribution in [3.05, 3.63) is 35.2 Å². The summed E-state index contributed by atoms with van der Waals surface area (Å²) in [6, 6.07) is 3.32. The largest absolute Gasteiger partial charge is 0.369 e. The normalized spacial score (nSPS) is 11.0. The molecule has 0 bridgehead atoms. The maximum absolute atomic E-state index is 12.3. The van der Waals surface area contributed by atoms with Gasteiger partial charge in [0.1, 0.15) is 11.0 Å². The standard InChI is InChI=1S/C18H22ClN7OS/c1-3-7-21-15-13-11-23-26(16(13)25-18(24-15)28-4-2)10-9-22-17(27)12-6-5-8-20-14(12)19/h5-6,8,11H,3-4,7,9-10H2,1-2H3,(H,22,27)(H,21,24,25). The average molecular weight is 420 g/mol. The smallest absolute Gasteiger partial charge is 0.254 e. The molecule has 3 aromatic rings. The summed E-state index contributed by atoms with van der Waals surface area (Å²) in [4.78, 5) is 25.4. The van der Waals surface area contributed by atoms with Gasteiger partial charge in [-0.1, -0.05) is 37.2 Å². The highest BCUT2D eigenvalue weighted by Gasteiger charge is 2.14. The summed E-state index contributed by atoms with van der Waals surface area (Å²) in [6.45, 7) is 5.86. The summed E-state index contributed by atoms with van der Waals surface area (Å²) in [5.41, 5.74) is 1.10. The van der Waals surface area contributed by atoms with E-state index in [1.54, 1.807) is 41.0 Å². The van der Waals surface area contributed by atoms with Gasteiger partial charge in [-0.15, -0.1) is 0 Å². The first-order chi connectivity index (χ1) is 13.6. The number of halogens is 1. The number of pyridine rings is 1. The summed E-state index contributed by atoms with van der Waals surface area (Å²) in [5.74, 6) is 1.41. The Kier molecular flexibility index (Phi) is 7.05. The Hall–Kier alpha value is -2.39. The SMILES string of the molecule is CCCNc1nc(SCC)nc2c1cnn2CCNC(=O)c1cccnc1Cl. The van der Waals surface area contributed by atoms with Gasteiger partial charge in [-0.2, -0.15) is 5.10 Å². The fourth-order valence-electron chi connectivity index (χ4n) is 2.60. The number of thioether (sulfide) groups is 1. The molecule has 0 radical (unpaired) electrons. The molecule has 3 rings (SSSR count). The molecule has 0 spiro atoms. The van der Waals surface area contributed by atoms with Crippen LogP contribution >= 0.6 is 23.4 Å². The van der Waals surface area contributed by atoms with Crippen molar-refractivity contribution < 1.29 is 4.79 Å². The van der Waals surface area contributed by atoms with Crippen LogP contribution in [0.4, 0.5) is 5.82 Å². The molecule has 0 aliphatic heterocycles. The van der Waals surface area contributed by atoms with Crippen LogP contribution in [0.25, 0.3) is 11.0 Å². The molecule has 0 unspecified atom stereocenters. The number of fused-ring (bicyclic) bond motifs is 1. The van der Waals surface area contributed by atoms with E-state index in [0.717, 1.165) is 35.6 Å². The van der Waals surface area contributed by atoms with E-state index in [1.807, 2.05) is 0 Å². The number of carbonyl (C=O) groups excluding carboxylic acids is 1. The molecule has 10 heteroatoms. The number of hydrogen-bond donors (Lipinski definition) is 2. The van der Waals surface area contributed by atoms with Crippen LogP contribution in [0.1, 0.15) is 30.6 Å². The van der Waals surface area contributed by atoms with E-state index in [0.29, 0.717) is 23.8 Å². The van der Waals surface area contributed by atoms with Gasteiger partial charge in [0, 0.05) is 19.3 Å². The molecular formula is C18H22ClN7OS. The number of rotatable bonds is 9. The van der Waals surface area contributed by atoms with Gasteiger partial charge in [-0.25, -0.2) is 19.6 Å². The van der Waals surface area contributed by atoms with Crippen molar-refractivity contribution in [3.8, 4) is 0 Å². The summed E-state index contributed by atoms with van der Waals surface area (Å²) in [5, 5.41) is 12.4. The zero-order valence-corrected chi connectivity index (χ0v) is 17.3. The van der Waals surface area contributed by atoms with E-state index in [4.69, 9.17) is 11.6 Å². The minimum absolute atomic E-state index is 0.185. The molecule has 2 N–H and O–H groups in total. The second-order valence-electron chi connectivity index (χ2n) is 5.92. The van der Waals surface area contributed by atoms with Crippen LogP contribution in [0.15, 0.2) is 29.7 Å². The number of carbonyl (C=O) groups is 1. The lowest BCUT2D eigenvalue weighted by molar-refractivity contribution is 0.0952. The number of aromatic nitrogens is 5. The lowest BCUT2D eigenvalue weighted by Gasteiger charge is -2.09. The number of hydrogen-bond acceptors (Lipinski definition) is 7. The lowest BCUT2D eigenvalue weighted by atomic mass is 10.2. The highest BCUT2D eigenvalue weighted by Crippen LogP contribution is 2.24. The zero-order valence-electron chi connectivity index (χ0n) is 15.8. The summed E-state index contributed by atoms with van der Waals surface area (Å²) >= 11 is 7.55. The van der Waals surface area contributed by atoms with Gasteiger partial charge in [0.15, 0.2) is 10.8 Å². The van der Waals surface area contributed by atoms with Crippen LogP contribution < -0.4 is 10.6 Å². The monoisotopic (exact) mass is 419 g/mol. The predicted octanol–water partition coefficient (Wildman–Crippen LogP) is 3.24. The quantitative estimate of drug-likeness (QED) is 0.312. The Morgan fingerprint density at radius 2 is 2.14 bits per heavy atom. The third-order valence-corrected chi connectivity index (χ3v) is 4.94. The fraction of sp³-hybridized carbons (Fsp3) is 0.389. The second kappa shape index (κ2) is 9.70. The minimum atomic E-state index is -0.267. The highest BCUT2D eigenvalue weighted by molar-refractivity contribution is 7.99. The van der Waals surface area contributed by atoms with Gasteiger partial charge in [-0.05, 0) is 24.3 Å². The van der Waals surface area contributed by atoms with Crippen LogP contribution in [-0.2, 0) is 6.54 Å². The van der Waals surface area contributed by atoms with E-state index in [2.05, 4.69) is 44.5 Å². The van der Waals surface area contributed by atoms with Crippen molar-refractivity contribution in [1.82, 2.24) is 30.0 Å². The molecule has 148 valence electrons. The van der Waals surface area contributed by atoms with Gasteiger partial charge in [0.2, 0.25) is 0 Å². The van der Waals surface area contributed by atoms with Gasteiger partial charge in [-0.3, -0.25) is 4.79 Å². The van der Waals surface area contributed by atoms with Gasteiger partial charge in [0.25, 0.3) is 5.91 Å². The number of nitrogens with zero attached hydrogens (tertiary/aromatic N) is 5. The molecule has 0 saturated carbocycles. The fourth-order valence-corrected chi connectivity index (χ4v) is 3.37. The van der Waals surface area contributed by atoms with Crippen LogP contribution in [-0.4, -0.2) is 49.5 Å². The molecule has 0 fully saturated rings. The van der Waals surface area contributed by atoms with Gasteiger partial charge < -0.3 is 10.6 Å². The van der Waals surface area contributed by atoms with Crippen LogP contribution in [0.5, 0.6) is 0 Å². The Bertz CT molecular complexity index is 962. The molecule has 0 aromatic carbocycles. The molecule has 28 heavy (non-hydrogen) atoms. The highest BCUT2D eigenvalue weighted by atomic mass is 35.5. The zero-order chi connectivity index (χ0) is 19.9. The summed E-state index contributed by atoms with van der Waals surface area (Å²) in [6.07, 6.45) is 4.30. The lowest BCUT2D eigenvalue weighted by Crippen LogP contribution is -2.28.